The smallest absolute Gasteiger partial charge is 0.221 e. The van der Waals surface area contributed by atoms with Crippen molar-refractivity contribution >= 4 is 22.2 Å². The average Bonchev–Trinajstić information content (AvgIpc) is 3.01. The summed E-state index contributed by atoms with van der Waals surface area (Å²) >= 11 is 1.80. The highest BCUT2D eigenvalue weighted by Gasteiger charge is 2.36. The molecule has 5 heteroatoms. The number of quaternary nitrogens is 1. The Hall–Kier alpha value is -1.72. The summed E-state index contributed by atoms with van der Waals surface area (Å²) in [5.74, 6) is 0.0262. The zero-order chi connectivity index (χ0) is 17.9. The maximum Gasteiger partial charge on any atom is 0.221 e. The van der Waals surface area contributed by atoms with Crippen molar-refractivity contribution in [2.75, 3.05) is 18.4 Å². The highest BCUT2D eigenvalue weighted by molar-refractivity contribution is 7.16. The van der Waals surface area contributed by atoms with E-state index in [4.69, 9.17) is 4.98 Å². The van der Waals surface area contributed by atoms with Gasteiger partial charge < -0.3 is 10.2 Å². The number of hydrogen-bond donors (Lipinski definition) is 2. The molecule has 2 N–H and O–H groups in total. The molecule has 0 bridgehead atoms. The normalized spacial score (nSPS) is 19.0. The average molecular weight is 371 g/mol. The van der Waals surface area contributed by atoms with Gasteiger partial charge in [0, 0.05) is 18.0 Å². The van der Waals surface area contributed by atoms with Crippen molar-refractivity contribution in [1.29, 1.82) is 0 Å². The number of nitrogens with zero attached hydrogens (tertiary/aromatic N) is 1. The van der Waals surface area contributed by atoms with Crippen molar-refractivity contribution in [3.05, 3.63) is 46.1 Å². The summed E-state index contributed by atoms with van der Waals surface area (Å²) in [6, 6.07) is 6.48. The van der Waals surface area contributed by atoms with Crippen LogP contribution in [0.1, 0.15) is 66.8 Å². The summed E-state index contributed by atoms with van der Waals surface area (Å²) in [6.45, 7) is 3.99. The Kier molecular flexibility index (Phi) is 5.36. The molecule has 0 saturated carbocycles. The number of carbonyl (C=O) groups excluding carboxylic acids is 1. The minimum Gasteiger partial charge on any atom is -0.324 e. The number of aryl methyl sites for hydroxylation is 1. The van der Waals surface area contributed by atoms with Crippen LogP contribution in [-0.4, -0.2) is 24.0 Å². The van der Waals surface area contributed by atoms with Gasteiger partial charge in [-0.3, -0.25) is 9.78 Å². The molecule has 26 heavy (non-hydrogen) atoms. The molecule has 0 aromatic carbocycles. The number of thiophene rings is 1. The first kappa shape index (κ1) is 17.7. The number of fused-ring (bicyclic) bond motifs is 1. The molecule has 1 aliphatic carbocycles. The van der Waals surface area contributed by atoms with E-state index in [1.807, 2.05) is 12.3 Å². The van der Waals surface area contributed by atoms with Crippen LogP contribution in [0, 0.1) is 0 Å². The second kappa shape index (κ2) is 7.89. The highest BCUT2D eigenvalue weighted by Crippen LogP contribution is 2.42. The third-order valence-corrected chi connectivity index (χ3v) is 6.90. The van der Waals surface area contributed by atoms with Crippen LogP contribution < -0.4 is 10.2 Å². The van der Waals surface area contributed by atoms with E-state index in [-0.39, 0.29) is 11.9 Å². The third-order valence-electron chi connectivity index (χ3n) is 5.68. The van der Waals surface area contributed by atoms with E-state index >= 15 is 0 Å². The van der Waals surface area contributed by atoms with Crippen molar-refractivity contribution in [2.45, 2.75) is 57.9 Å². The van der Waals surface area contributed by atoms with Crippen LogP contribution in [0.5, 0.6) is 0 Å². The van der Waals surface area contributed by atoms with Crippen LogP contribution in [0.4, 0.5) is 5.00 Å². The number of amides is 1. The minimum absolute atomic E-state index is 0.0262. The zero-order valence-electron chi connectivity index (χ0n) is 15.5. The Bertz CT molecular complexity index is 765. The van der Waals surface area contributed by atoms with Crippen molar-refractivity contribution in [3.8, 4) is 0 Å². The Morgan fingerprint density at radius 1 is 1.15 bits per heavy atom. The highest BCUT2D eigenvalue weighted by atomic mass is 32.1. The molecule has 2 aromatic rings. The van der Waals surface area contributed by atoms with Gasteiger partial charge in [0.15, 0.2) is 6.04 Å². The van der Waals surface area contributed by atoms with E-state index in [0.29, 0.717) is 0 Å². The van der Waals surface area contributed by atoms with Gasteiger partial charge in [0.2, 0.25) is 5.91 Å². The standard InChI is InChI=1S/C21H27N3OS/c1-15(25)23-21-19(16-9-3-4-11-18(16)26-21)20(17-10-5-6-12-22-17)24-13-7-2-8-14-24/h5-6,10,12,20H,2-4,7-9,11,13-14H2,1H3,(H,23,25)/p+1/t20-/m0/s1. The summed E-state index contributed by atoms with van der Waals surface area (Å²) in [6.07, 6.45) is 10.6. The molecule has 4 nitrogen and oxygen atoms in total. The number of nitrogens with one attached hydrogen (secondary N) is 2. The number of anilines is 1. The molecular formula is C21H28N3OS+. The fourth-order valence-corrected chi connectivity index (χ4v) is 5.92. The molecule has 1 aliphatic heterocycles. The van der Waals surface area contributed by atoms with Crippen LogP contribution in [-0.2, 0) is 17.6 Å². The van der Waals surface area contributed by atoms with E-state index in [1.165, 1.54) is 61.2 Å². The monoisotopic (exact) mass is 370 g/mol. The van der Waals surface area contributed by atoms with Gasteiger partial charge in [0.1, 0.15) is 10.7 Å². The van der Waals surface area contributed by atoms with Crippen molar-refractivity contribution < 1.29 is 9.69 Å². The lowest BCUT2D eigenvalue weighted by Gasteiger charge is -2.32. The number of pyridine rings is 1. The summed E-state index contributed by atoms with van der Waals surface area (Å²) in [7, 11) is 0. The fourth-order valence-electron chi connectivity index (χ4n) is 4.55. The first-order chi connectivity index (χ1) is 12.7. The lowest BCUT2D eigenvalue weighted by Crippen LogP contribution is -3.13. The Balaban J connectivity index is 1.84. The molecule has 0 radical (unpaired) electrons. The maximum atomic E-state index is 11.9. The molecule has 1 atom stereocenters. The summed E-state index contributed by atoms with van der Waals surface area (Å²) in [4.78, 5) is 19.7. The molecule has 0 spiro atoms. The minimum atomic E-state index is 0.0262. The van der Waals surface area contributed by atoms with Crippen LogP contribution in [0.2, 0.25) is 0 Å². The topological polar surface area (TPSA) is 46.4 Å². The van der Waals surface area contributed by atoms with Crippen LogP contribution in [0.3, 0.4) is 0 Å². The molecule has 0 unspecified atom stereocenters. The van der Waals surface area contributed by atoms with E-state index in [9.17, 15) is 4.79 Å². The third kappa shape index (κ3) is 3.55. The molecule has 3 heterocycles. The molecule has 1 saturated heterocycles. The Morgan fingerprint density at radius 2 is 1.96 bits per heavy atom. The lowest BCUT2D eigenvalue weighted by molar-refractivity contribution is -0.930. The van der Waals surface area contributed by atoms with Gasteiger partial charge in [-0.15, -0.1) is 11.3 Å². The quantitative estimate of drug-likeness (QED) is 0.869. The van der Waals surface area contributed by atoms with E-state index in [0.717, 1.165) is 23.5 Å². The first-order valence-corrected chi connectivity index (χ1v) is 10.7. The van der Waals surface area contributed by atoms with Gasteiger partial charge in [-0.2, -0.15) is 0 Å². The van der Waals surface area contributed by atoms with E-state index in [2.05, 4.69) is 17.4 Å². The van der Waals surface area contributed by atoms with Gasteiger partial charge in [-0.05, 0) is 62.6 Å². The van der Waals surface area contributed by atoms with Gasteiger partial charge >= 0.3 is 0 Å². The molecule has 2 aromatic heterocycles. The van der Waals surface area contributed by atoms with Gasteiger partial charge in [-0.1, -0.05) is 6.07 Å². The molecular weight excluding hydrogens is 342 g/mol. The Morgan fingerprint density at radius 3 is 2.69 bits per heavy atom. The molecule has 1 amide bonds. The van der Waals surface area contributed by atoms with Crippen molar-refractivity contribution in [3.63, 3.8) is 0 Å². The number of piperidine rings is 1. The maximum absolute atomic E-state index is 11.9. The zero-order valence-corrected chi connectivity index (χ0v) is 16.3. The summed E-state index contributed by atoms with van der Waals surface area (Å²) < 4.78 is 0. The second-order valence-corrected chi connectivity index (χ2v) is 8.65. The predicted octanol–water partition coefficient (Wildman–Crippen LogP) is 3.14. The van der Waals surface area contributed by atoms with E-state index < -0.39 is 0 Å². The van der Waals surface area contributed by atoms with E-state index in [1.54, 1.807) is 23.2 Å². The lowest BCUT2D eigenvalue weighted by atomic mass is 9.89. The van der Waals surface area contributed by atoms with Crippen LogP contribution in [0.25, 0.3) is 0 Å². The van der Waals surface area contributed by atoms with Crippen LogP contribution in [0.15, 0.2) is 24.4 Å². The number of aromatic nitrogens is 1. The number of hydrogen-bond acceptors (Lipinski definition) is 3. The van der Waals surface area contributed by atoms with Gasteiger partial charge in [0.05, 0.1) is 18.7 Å². The number of carbonyl (C=O) groups is 1. The van der Waals surface area contributed by atoms with Crippen molar-refractivity contribution in [1.82, 2.24) is 4.98 Å². The number of likely N-dealkylation sites (tertiary alicyclic amines) is 1. The van der Waals surface area contributed by atoms with Gasteiger partial charge in [0.25, 0.3) is 0 Å². The summed E-state index contributed by atoms with van der Waals surface area (Å²) in [5.41, 5.74) is 4.00. The SMILES string of the molecule is CC(=O)Nc1sc2c(c1[C@H](c1ccccn1)[NH+]1CCCCC1)CCCC2. The Labute approximate surface area is 159 Å². The van der Waals surface area contributed by atoms with Crippen molar-refractivity contribution in [2.24, 2.45) is 0 Å². The molecule has 138 valence electrons. The summed E-state index contributed by atoms with van der Waals surface area (Å²) in [5, 5.41) is 4.23. The molecule has 1 fully saturated rings. The molecule has 4 rings (SSSR count). The molecule has 2 aliphatic rings. The first-order valence-electron chi connectivity index (χ1n) is 9.91. The number of rotatable bonds is 4. The van der Waals surface area contributed by atoms with Crippen LogP contribution >= 0.6 is 11.3 Å². The second-order valence-electron chi connectivity index (χ2n) is 7.54. The largest absolute Gasteiger partial charge is 0.324 e. The predicted molar refractivity (Wildman–Crippen MR) is 106 cm³/mol. The van der Waals surface area contributed by atoms with Gasteiger partial charge in [-0.25, -0.2) is 0 Å². The fraction of sp³-hybridized carbons (Fsp3) is 0.524.